The molecule has 1 fully saturated rings. The van der Waals surface area contributed by atoms with E-state index in [0.29, 0.717) is 17.1 Å². The van der Waals surface area contributed by atoms with Crippen molar-refractivity contribution in [1.82, 2.24) is 15.3 Å². The average Bonchev–Trinajstić information content (AvgIpc) is 2.17. The molecule has 2 heterocycles. The van der Waals surface area contributed by atoms with Crippen LogP contribution in [0.4, 0.5) is 5.95 Å². The molecule has 0 aromatic carbocycles. The second-order valence-electron chi connectivity index (χ2n) is 4.08. The Labute approximate surface area is 94.7 Å². The molecule has 1 saturated heterocycles. The van der Waals surface area contributed by atoms with Crippen LogP contribution in [0.25, 0.3) is 0 Å². The van der Waals surface area contributed by atoms with Gasteiger partial charge in [0.05, 0.1) is 17.4 Å². The Hall–Kier alpha value is -0.870. The van der Waals surface area contributed by atoms with Crippen molar-refractivity contribution in [1.29, 1.82) is 0 Å². The van der Waals surface area contributed by atoms with Crippen LogP contribution < -0.4 is 10.2 Å². The van der Waals surface area contributed by atoms with Crippen LogP contribution in [-0.4, -0.2) is 35.1 Å². The molecule has 2 atom stereocenters. The summed E-state index contributed by atoms with van der Waals surface area (Å²) in [4.78, 5) is 10.6. The molecule has 0 amide bonds. The molecule has 0 radical (unpaired) electrons. The molecule has 1 N–H and O–H groups in total. The van der Waals surface area contributed by atoms with Gasteiger partial charge < -0.3 is 10.2 Å². The maximum absolute atomic E-state index is 5.75. The zero-order chi connectivity index (χ0) is 10.8. The van der Waals surface area contributed by atoms with E-state index in [0.717, 1.165) is 19.0 Å². The highest BCUT2D eigenvalue weighted by atomic mass is 35.5. The largest absolute Gasteiger partial charge is 0.338 e. The van der Waals surface area contributed by atoms with E-state index in [2.05, 4.69) is 34.0 Å². The van der Waals surface area contributed by atoms with Gasteiger partial charge in [-0.05, 0) is 13.8 Å². The van der Waals surface area contributed by atoms with E-state index in [-0.39, 0.29) is 0 Å². The summed E-state index contributed by atoms with van der Waals surface area (Å²) in [5.74, 6) is 0.764. The summed E-state index contributed by atoms with van der Waals surface area (Å²) in [5, 5.41) is 4.05. The minimum Gasteiger partial charge on any atom is -0.338 e. The van der Waals surface area contributed by atoms with Crippen LogP contribution in [-0.2, 0) is 0 Å². The molecule has 1 aliphatic rings. The molecule has 15 heavy (non-hydrogen) atoms. The van der Waals surface area contributed by atoms with Gasteiger partial charge >= 0.3 is 0 Å². The van der Waals surface area contributed by atoms with Crippen molar-refractivity contribution < 1.29 is 0 Å². The lowest BCUT2D eigenvalue weighted by Gasteiger charge is -2.36. The van der Waals surface area contributed by atoms with Crippen molar-refractivity contribution in [2.75, 3.05) is 18.0 Å². The molecular formula is C10H15ClN4. The zero-order valence-electron chi connectivity index (χ0n) is 8.94. The molecule has 82 valence electrons. The Morgan fingerprint density at radius 1 is 1.27 bits per heavy atom. The third-order valence-corrected chi connectivity index (χ3v) is 2.64. The Morgan fingerprint density at radius 3 is 2.33 bits per heavy atom. The lowest BCUT2D eigenvalue weighted by atomic mass is 10.1. The van der Waals surface area contributed by atoms with Gasteiger partial charge in [-0.25, -0.2) is 9.97 Å². The molecule has 4 nitrogen and oxygen atoms in total. The molecular weight excluding hydrogens is 212 g/mol. The van der Waals surface area contributed by atoms with Crippen molar-refractivity contribution >= 4 is 17.5 Å². The predicted octanol–water partition coefficient (Wildman–Crippen LogP) is 1.32. The number of rotatable bonds is 1. The van der Waals surface area contributed by atoms with Gasteiger partial charge in [0, 0.05) is 25.2 Å². The van der Waals surface area contributed by atoms with Crippen LogP contribution in [0.3, 0.4) is 0 Å². The number of nitrogens with zero attached hydrogens (tertiary/aromatic N) is 3. The molecule has 0 unspecified atom stereocenters. The lowest BCUT2D eigenvalue weighted by Crippen LogP contribution is -2.54. The van der Waals surface area contributed by atoms with Crippen molar-refractivity contribution in [3.63, 3.8) is 0 Å². The number of hydrogen-bond acceptors (Lipinski definition) is 4. The van der Waals surface area contributed by atoms with Gasteiger partial charge in [-0.2, -0.15) is 0 Å². The van der Waals surface area contributed by atoms with E-state index in [9.17, 15) is 0 Å². The summed E-state index contributed by atoms with van der Waals surface area (Å²) >= 11 is 5.75. The SMILES string of the molecule is C[C@@H]1CN(c2ncc(Cl)cn2)C[C@@H](C)N1. The summed E-state index contributed by atoms with van der Waals surface area (Å²) in [5.41, 5.74) is 0. The van der Waals surface area contributed by atoms with E-state index in [1.807, 2.05) is 0 Å². The second kappa shape index (κ2) is 4.33. The number of hydrogen-bond donors (Lipinski definition) is 1. The zero-order valence-corrected chi connectivity index (χ0v) is 9.70. The molecule has 1 aliphatic heterocycles. The van der Waals surface area contributed by atoms with Gasteiger partial charge in [0.15, 0.2) is 0 Å². The van der Waals surface area contributed by atoms with E-state index < -0.39 is 0 Å². The molecule has 0 spiro atoms. The summed E-state index contributed by atoms with van der Waals surface area (Å²) < 4.78 is 0. The van der Waals surface area contributed by atoms with Crippen molar-refractivity contribution in [3.05, 3.63) is 17.4 Å². The van der Waals surface area contributed by atoms with Crippen molar-refractivity contribution in [2.24, 2.45) is 0 Å². The van der Waals surface area contributed by atoms with E-state index in [1.165, 1.54) is 0 Å². The van der Waals surface area contributed by atoms with Gasteiger partial charge in [0.2, 0.25) is 5.95 Å². The highest BCUT2D eigenvalue weighted by Crippen LogP contribution is 2.13. The highest BCUT2D eigenvalue weighted by molar-refractivity contribution is 6.30. The van der Waals surface area contributed by atoms with Gasteiger partial charge in [-0.3, -0.25) is 0 Å². The Bertz CT molecular complexity index is 317. The van der Waals surface area contributed by atoms with Crippen molar-refractivity contribution in [3.8, 4) is 0 Å². The third kappa shape index (κ3) is 2.58. The predicted molar refractivity (Wildman–Crippen MR) is 61.3 cm³/mol. The van der Waals surface area contributed by atoms with Gasteiger partial charge in [-0.1, -0.05) is 11.6 Å². The molecule has 1 aromatic rings. The van der Waals surface area contributed by atoms with Gasteiger partial charge in [-0.15, -0.1) is 0 Å². The summed E-state index contributed by atoms with van der Waals surface area (Å²) in [6.07, 6.45) is 3.28. The maximum Gasteiger partial charge on any atom is 0.225 e. The molecule has 0 saturated carbocycles. The smallest absolute Gasteiger partial charge is 0.225 e. The monoisotopic (exact) mass is 226 g/mol. The topological polar surface area (TPSA) is 41.1 Å². The van der Waals surface area contributed by atoms with Crippen LogP contribution >= 0.6 is 11.6 Å². The fourth-order valence-corrected chi connectivity index (χ4v) is 2.06. The van der Waals surface area contributed by atoms with E-state index in [1.54, 1.807) is 12.4 Å². The summed E-state index contributed by atoms with van der Waals surface area (Å²) in [6, 6.07) is 0.932. The summed E-state index contributed by atoms with van der Waals surface area (Å²) in [7, 11) is 0. The Balaban J connectivity index is 2.12. The number of nitrogens with one attached hydrogen (secondary N) is 1. The Morgan fingerprint density at radius 2 is 1.80 bits per heavy atom. The number of anilines is 1. The lowest BCUT2D eigenvalue weighted by molar-refractivity contribution is 0.403. The highest BCUT2D eigenvalue weighted by Gasteiger charge is 2.22. The average molecular weight is 227 g/mol. The second-order valence-corrected chi connectivity index (χ2v) is 4.51. The quantitative estimate of drug-likeness (QED) is 0.784. The molecule has 0 aliphatic carbocycles. The minimum absolute atomic E-state index is 0.466. The molecule has 2 rings (SSSR count). The first-order valence-electron chi connectivity index (χ1n) is 5.13. The molecule has 5 heteroatoms. The van der Waals surface area contributed by atoms with Gasteiger partial charge in [0.1, 0.15) is 0 Å². The van der Waals surface area contributed by atoms with Crippen LogP contribution in [0, 0.1) is 0 Å². The minimum atomic E-state index is 0.466. The van der Waals surface area contributed by atoms with Crippen LogP contribution in [0.1, 0.15) is 13.8 Å². The maximum atomic E-state index is 5.75. The van der Waals surface area contributed by atoms with Crippen LogP contribution in [0.5, 0.6) is 0 Å². The molecule has 1 aromatic heterocycles. The standard InChI is InChI=1S/C10H15ClN4/c1-7-5-15(6-8(2)14-7)10-12-3-9(11)4-13-10/h3-4,7-8,14H,5-6H2,1-2H3/t7-,8-/m1/s1. The van der Waals surface area contributed by atoms with Crippen molar-refractivity contribution in [2.45, 2.75) is 25.9 Å². The van der Waals surface area contributed by atoms with Crippen LogP contribution in [0.15, 0.2) is 12.4 Å². The fraction of sp³-hybridized carbons (Fsp3) is 0.600. The number of piperazine rings is 1. The number of halogens is 1. The Kier molecular flexibility index (Phi) is 3.07. The van der Waals surface area contributed by atoms with E-state index >= 15 is 0 Å². The first-order valence-corrected chi connectivity index (χ1v) is 5.51. The number of aromatic nitrogens is 2. The van der Waals surface area contributed by atoms with Gasteiger partial charge in [0.25, 0.3) is 0 Å². The molecule has 0 bridgehead atoms. The van der Waals surface area contributed by atoms with Crippen LogP contribution in [0.2, 0.25) is 5.02 Å². The third-order valence-electron chi connectivity index (χ3n) is 2.45. The summed E-state index contributed by atoms with van der Waals surface area (Å²) in [6.45, 7) is 6.20. The first kappa shape index (κ1) is 10.6. The van der Waals surface area contributed by atoms with E-state index in [4.69, 9.17) is 11.6 Å². The fourth-order valence-electron chi connectivity index (χ4n) is 1.96. The first-order chi connectivity index (χ1) is 7.15. The normalized spacial score (nSPS) is 26.7.